The number of nitrogens with one attached hydrogen (secondary N) is 1. The summed E-state index contributed by atoms with van der Waals surface area (Å²) in [5, 5.41) is 9.38. The van der Waals surface area contributed by atoms with E-state index < -0.39 is 22.0 Å². The number of rotatable bonds is 5. The van der Waals surface area contributed by atoms with E-state index in [9.17, 15) is 23.1 Å². The number of amides is 1. The number of aliphatic carboxylic acids is 1. The molecule has 2 aliphatic rings. The molecule has 1 aromatic carbocycles. The van der Waals surface area contributed by atoms with E-state index in [1.807, 2.05) is 6.92 Å². The van der Waals surface area contributed by atoms with Gasteiger partial charge in [0.25, 0.3) is 5.91 Å². The van der Waals surface area contributed by atoms with Crippen LogP contribution in [0.4, 0.5) is 0 Å². The molecule has 1 aromatic rings. The molecule has 1 aliphatic heterocycles. The second-order valence-electron chi connectivity index (χ2n) is 6.90. The van der Waals surface area contributed by atoms with Crippen molar-refractivity contribution < 1.29 is 23.1 Å². The fourth-order valence-corrected chi connectivity index (χ4v) is 4.35. The highest BCUT2D eigenvalue weighted by molar-refractivity contribution is 7.89. The molecule has 3 rings (SSSR count). The van der Waals surface area contributed by atoms with Crippen LogP contribution in [0.5, 0.6) is 0 Å². The summed E-state index contributed by atoms with van der Waals surface area (Å²) in [6.07, 6.45) is 2.88. The third kappa shape index (κ3) is 4.01. The van der Waals surface area contributed by atoms with Crippen molar-refractivity contribution in [2.75, 3.05) is 6.54 Å². The number of carboxylic acid groups (broad SMARTS) is 1. The summed E-state index contributed by atoms with van der Waals surface area (Å²) in [6.45, 7) is 2.37. The Balaban J connectivity index is 1.77. The predicted molar refractivity (Wildman–Crippen MR) is 90.6 cm³/mol. The molecule has 2 N–H and O–H groups in total. The zero-order chi connectivity index (χ0) is 18.2. The molecule has 136 valence electrons. The van der Waals surface area contributed by atoms with Crippen molar-refractivity contribution in [3.05, 3.63) is 29.8 Å². The summed E-state index contributed by atoms with van der Waals surface area (Å²) in [4.78, 5) is 25.6. The molecule has 0 radical (unpaired) electrons. The molecule has 1 aliphatic carbocycles. The van der Waals surface area contributed by atoms with Crippen molar-refractivity contribution in [2.24, 2.45) is 5.92 Å². The van der Waals surface area contributed by atoms with Crippen LogP contribution in [0.3, 0.4) is 0 Å². The maximum absolute atomic E-state index is 12.7. The second kappa shape index (κ2) is 6.76. The van der Waals surface area contributed by atoms with E-state index in [4.69, 9.17) is 0 Å². The van der Waals surface area contributed by atoms with E-state index in [2.05, 4.69) is 4.72 Å². The Morgan fingerprint density at radius 3 is 2.36 bits per heavy atom. The fourth-order valence-electron chi connectivity index (χ4n) is 3.05. The van der Waals surface area contributed by atoms with Crippen LogP contribution in [0, 0.1) is 5.92 Å². The minimum atomic E-state index is -3.56. The lowest BCUT2D eigenvalue weighted by Gasteiger charge is -2.36. The highest BCUT2D eigenvalue weighted by Gasteiger charge is 2.35. The second-order valence-corrected chi connectivity index (χ2v) is 8.62. The van der Waals surface area contributed by atoms with E-state index in [1.54, 1.807) is 0 Å². The van der Waals surface area contributed by atoms with Gasteiger partial charge in [0, 0.05) is 18.2 Å². The molecule has 2 atom stereocenters. The van der Waals surface area contributed by atoms with Crippen molar-refractivity contribution in [1.29, 1.82) is 0 Å². The third-order valence-electron chi connectivity index (χ3n) is 4.72. The minimum absolute atomic E-state index is 0.0120. The topological polar surface area (TPSA) is 104 Å². The molecule has 1 saturated heterocycles. The summed E-state index contributed by atoms with van der Waals surface area (Å²) in [7, 11) is -3.56. The predicted octanol–water partition coefficient (Wildman–Crippen LogP) is 1.45. The first-order valence-electron chi connectivity index (χ1n) is 8.44. The summed E-state index contributed by atoms with van der Waals surface area (Å²) in [5.41, 5.74) is 0.297. The first-order chi connectivity index (χ1) is 11.8. The standard InChI is InChI=1S/C17H22N2O5S/c1-11-8-9-19(15(10-11)17(21)22)16(20)12-2-6-14(7-3-12)25(23,24)18-13-4-5-13/h2-3,6-7,11,13,15,18H,4-5,8-10H2,1H3,(H,21,22). The minimum Gasteiger partial charge on any atom is -0.480 e. The Kier molecular flexibility index (Phi) is 4.83. The van der Waals surface area contributed by atoms with Gasteiger partial charge in [-0.1, -0.05) is 6.92 Å². The summed E-state index contributed by atoms with van der Waals surface area (Å²) >= 11 is 0. The van der Waals surface area contributed by atoms with Gasteiger partial charge in [0.1, 0.15) is 6.04 Å². The van der Waals surface area contributed by atoms with Gasteiger partial charge in [-0.15, -0.1) is 0 Å². The van der Waals surface area contributed by atoms with Gasteiger partial charge in [0.2, 0.25) is 10.0 Å². The van der Waals surface area contributed by atoms with Gasteiger partial charge < -0.3 is 10.0 Å². The third-order valence-corrected chi connectivity index (χ3v) is 6.26. The number of hydrogen-bond donors (Lipinski definition) is 2. The zero-order valence-corrected chi connectivity index (χ0v) is 14.8. The number of carbonyl (C=O) groups is 2. The molecule has 0 aromatic heterocycles. The highest BCUT2D eigenvalue weighted by atomic mass is 32.2. The molecule has 2 fully saturated rings. The number of piperidine rings is 1. The fraction of sp³-hybridized carbons (Fsp3) is 0.529. The molecule has 1 amide bonds. The summed E-state index contributed by atoms with van der Waals surface area (Å²) in [6, 6.07) is 4.84. The average Bonchev–Trinajstić information content (AvgIpc) is 3.37. The Hall–Kier alpha value is -1.93. The number of likely N-dealkylation sites (tertiary alicyclic amines) is 1. The van der Waals surface area contributed by atoms with Gasteiger partial charge in [-0.25, -0.2) is 17.9 Å². The van der Waals surface area contributed by atoms with Crippen LogP contribution in [-0.4, -0.2) is 48.9 Å². The Morgan fingerprint density at radius 1 is 1.16 bits per heavy atom. The van der Waals surface area contributed by atoms with E-state index in [-0.39, 0.29) is 22.8 Å². The molecule has 1 heterocycles. The van der Waals surface area contributed by atoms with Gasteiger partial charge in [0.05, 0.1) is 4.90 Å². The Bertz CT molecular complexity index is 771. The number of sulfonamides is 1. The molecule has 8 heteroatoms. The van der Waals surface area contributed by atoms with Gasteiger partial charge in [-0.05, 0) is 55.9 Å². The van der Waals surface area contributed by atoms with Crippen molar-refractivity contribution in [3.63, 3.8) is 0 Å². The van der Waals surface area contributed by atoms with Gasteiger partial charge in [0.15, 0.2) is 0 Å². The largest absolute Gasteiger partial charge is 0.480 e. The molecule has 0 spiro atoms. The first-order valence-corrected chi connectivity index (χ1v) is 9.92. The van der Waals surface area contributed by atoms with E-state index in [0.717, 1.165) is 19.3 Å². The molecular formula is C17H22N2O5S. The van der Waals surface area contributed by atoms with Crippen LogP contribution in [0.1, 0.15) is 43.0 Å². The Labute approximate surface area is 147 Å². The molecule has 2 unspecified atom stereocenters. The van der Waals surface area contributed by atoms with Crippen LogP contribution < -0.4 is 4.72 Å². The van der Waals surface area contributed by atoms with Crippen LogP contribution in [0.25, 0.3) is 0 Å². The maximum Gasteiger partial charge on any atom is 0.326 e. The maximum atomic E-state index is 12.7. The van der Waals surface area contributed by atoms with Gasteiger partial charge in [-0.2, -0.15) is 0 Å². The lowest BCUT2D eigenvalue weighted by atomic mass is 9.92. The van der Waals surface area contributed by atoms with Crippen LogP contribution >= 0.6 is 0 Å². The van der Waals surface area contributed by atoms with Crippen LogP contribution in [-0.2, 0) is 14.8 Å². The number of benzene rings is 1. The van der Waals surface area contributed by atoms with Crippen LogP contribution in [0.15, 0.2) is 29.2 Å². The normalized spacial score (nSPS) is 24.1. The van der Waals surface area contributed by atoms with E-state index >= 15 is 0 Å². The van der Waals surface area contributed by atoms with Gasteiger partial charge in [-0.3, -0.25) is 4.79 Å². The molecule has 7 nitrogen and oxygen atoms in total. The monoisotopic (exact) mass is 366 g/mol. The SMILES string of the molecule is CC1CCN(C(=O)c2ccc(S(=O)(=O)NC3CC3)cc2)C(C(=O)O)C1. The smallest absolute Gasteiger partial charge is 0.326 e. The number of carboxylic acids is 1. The quantitative estimate of drug-likeness (QED) is 0.821. The lowest BCUT2D eigenvalue weighted by Crippen LogP contribution is -2.49. The molecule has 25 heavy (non-hydrogen) atoms. The number of carbonyl (C=O) groups excluding carboxylic acids is 1. The summed E-state index contributed by atoms with van der Waals surface area (Å²) in [5.74, 6) is -1.13. The lowest BCUT2D eigenvalue weighted by molar-refractivity contribution is -0.144. The molecular weight excluding hydrogens is 344 g/mol. The van der Waals surface area contributed by atoms with Crippen molar-refractivity contribution in [1.82, 2.24) is 9.62 Å². The zero-order valence-electron chi connectivity index (χ0n) is 14.0. The number of nitrogens with zero attached hydrogens (tertiary/aromatic N) is 1. The Morgan fingerprint density at radius 2 is 1.80 bits per heavy atom. The van der Waals surface area contributed by atoms with E-state index in [0.29, 0.717) is 18.5 Å². The molecule has 1 saturated carbocycles. The van der Waals surface area contributed by atoms with E-state index in [1.165, 1.54) is 29.2 Å². The first kappa shape index (κ1) is 17.9. The molecule has 0 bridgehead atoms. The number of hydrogen-bond acceptors (Lipinski definition) is 4. The van der Waals surface area contributed by atoms with Crippen molar-refractivity contribution in [2.45, 2.75) is 49.6 Å². The van der Waals surface area contributed by atoms with Gasteiger partial charge >= 0.3 is 5.97 Å². The van der Waals surface area contributed by atoms with Crippen molar-refractivity contribution >= 4 is 21.9 Å². The average molecular weight is 366 g/mol. The summed E-state index contributed by atoms with van der Waals surface area (Å²) < 4.78 is 26.9. The van der Waals surface area contributed by atoms with Crippen LogP contribution in [0.2, 0.25) is 0 Å². The highest BCUT2D eigenvalue weighted by Crippen LogP contribution is 2.25. The van der Waals surface area contributed by atoms with Crippen molar-refractivity contribution in [3.8, 4) is 0 Å².